The number of aromatic nitrogens is 5. The fourth-order valence-electron chi connectivity index (χ4n) is 2.26. The molecule has 0 N–H and O–H groups in total. The van der Waals surface area contributed by atoms with E-state index in [1.165, 1.54) is 16.8 Å². The van der Waals surface area contributed by atoms with Gasteiger partial charge in [-0.05, 0) is 48.5 Å². The number of benzene rings is 2. The molecule has 0 aliphatic carbocycles. The molecule has 7 nitrogen and oxygen atoms in total. The van der Waals surface area contributed by atoms with Crippen molar-refractivity contribution in [1.29, 1.82) is 0 Å². The number of methoxy groups -OCH3 is 1. The van der Waals surface area contributed by atoms with Gasteiger partial charge in [0, 0.05) is 5.56 Å². The summed E-state index contributed by atoms with van der Waals surface area (Å²) in [4.78, 5) is 4.33. The quantitative estimate of drug-likeness (QED) is 0.569. The molecular weight excluding hydrogens is 325 g/mol. The zero-order valence-electron chi connectivity index (χ0n) is 13.1. The molecule has 124 valence electrons. The van der Waals surface area contributed by atoms with Gasteiger partial charge in [-0.3, -0.25) is 0 Å². The maximum Gasteiger partial charge on any atom is 0.258 e. The lowest BCUT2D eigenvalue weighted by Crippen LogP contribution is -1.94. The van der Waals surface area contributed by atoms with Gasteiger partial charge in [-0.25, -0.2) is 9.07 Å². The van der Waals surface area contributed by atoms with Gasteiger partial charge in [0.15, 0.2) is 5.69 Å². The van der Waals surface area contributed by atoms with Gasteiger partial charge in [-0.2, -0.15) is 4.98 Å². The number of halogens is 1. The molecule has 0 fully saturated rings. The first-order valence-electron chi connectivity index (χ1n) is 7.40. The van der Waals surface area contributed by atoms with E-state index in [0.29, 0.717) is 23.1 Å². The van der Waals surface area contributed by atoms with E-state index < -0.39 is 0 Å². The summed E-state index contributed by atoms with van der Waals surface area (Å²) in [7, 11) is 1.60. The number of hydrogen-bond acceptors (Lipinski definition) is 6. The third kappa shape index (κ3) is 2.97. The molecule has 0 spiro atoms. The molecule has 0 unspecified atom stereocenters. The predicted molar refractivity (Wildman–Crippen MR) is 86.6 cm³/mol. The second-order valence-electron chi connectivity index (χ2n) is 5.18. The molecule has 0 atom stereocenters. The Morgan fingerprint density at radius 1 is 1.04 bits per heavy atom. The summed E-state index contributed by atoms with van der Waals surface area (Å²) in [6, 6.07) is 13.2. The van der Waals surface area contributed by atoms with Crippen molar-refractivity contribution in [2.45, 2.75) is 0 Å². The summed E-state index contributed by atoms with van der Waals surface area (Å²) in [6.45, 7) is 0. The van der Waals surface area contributed by atoms with Crippen molar-refractivity contribution >= 4 is 0 Å². The van der Waals surface area contributed by atoms with E-state index in [-0.39, 0.29) is 5.82 Å². The molecule has 25 heavy (non-hydrogen) atoms. The van der Waals surface area contributed by atoms with E-state index >= 15 is 0 Å². The highest BCUT2D eigenvalue weighted by molar-refractivity contribution is 5.58. The van der Waals surface area contributed by atoms with E-state index in [2.05, 4.69) is 20.5 Å². The largest absolute Gasteiger partial charge is 0.497 e. The Labute approximate surface area is 141 Å². The van der Waals surface area contributed by atoms with Crippen molar-refractivity contribution in [3.63, 3.8) is 0 Å². The molecule has 0 amide bonds. The molecule has 8 heteroatoms. The molecule has 0 saturated heterocycles. The zero-order valence-corrected chi connectivity index (χ0v) is 13.1. The molecule has 4 aromatic rings. The first-order chi connectivity index (χ1) is 12.2. The van der Waals surface area contributed by atoms with Crippen LogP contribution in [0.25, 0.3) is 28.7 Å². The Balaban J connectivity index is 1.60. The Hall–Kier alpha value is -3.55. The number of nitrogens with zero attached hydrogens (tertiary/aromatic N) is 5. The lowest BCUT2D eigenvalue weighted by molar-refractivity contribution is 0.414. The van der Waals surface area contributed by atoms with E-state index in [0.717, 1.165) is 11.3 Å². The van der Waals surface area contributed by atoms with Gasteiger partial charge in [0.25, 0.3) is 5.89 Å². The van der Waals surface area contributed by atoms with E-state index in [1.807, 2.05) is 24.3 Å². The monoisotopic (exact) mass is 337 g/mol. The second-order valence-corrected chi connectivity index (χ2v) is 5.18. The first-order valence-corrected chi connectivity index (χ1v) is 7.40. The average molecular weight is 337 g/mol. The molecule has 2 aromatic heterocycles. The minimum atomic E-state index is -0.314. The average Bonchev–Trinajstić information content (AvgIpc) is 3.32. The van der Waals surface area contributed by atoms with Crippen LogP contribution in [0.5, 0.6) is 5.75 Å². The van der Waals surface area contributed by atoms with Crippen molar-refractivity contribution in [3.05, 3.63) is 60.5 Å². The molecule has 0 aliphatic rings. The lowest BCUT2D eigenvalue weighted by Gasteiger charge is -1.98. The molecular formula is C17H12FN5O2. The van der Waals surface area contributed by atoms with Gasteiger partial charge >= 0.3 is 0 Å². The third-order valence-electron chi connectivity index (χ3n) is 3.58. The van der Waals surface area contributed by atoms with Crippen molar-refractivity contribution in [2.75, 3.05) is 7.11 Å². The zero-order chi connectivity index (χ0) is 17.2. The SMILES string of the molecule is COc1ccc(-c2nc(-c3cn(-c4ccc(F)cc4)nn3)no2)cc1. The third-order valence-corrected chi connectivity index (χ3v) is 3.58. The Bertz CT molecular complexity index is 993. The second kappa shape index (κ2) is 6.16. The highest BCUT2D eigenvalue weighted by atomic mass is 19.1. The Morgan fingerprint density at radius 3 is 2.52 bits per heavy atom. The molecule has 2 heterocycles. The van der Waals surface area contributed by atoms with Crippen molar-refractivity contribution < 1.29 is 13.7 Å². The van der Waals surface area contributed by atoms with Crippen molar-refractivity contribution in [3.8, 4) is 34.4 Å². The Kier molecular flexibility index (Phi) is 3.70. The predicted octanol–water partition coefficient (Wildman–Crippen LogP) is 3.13. The maximum absolute atomic E-state index is 13.0. The highest BCUT2D eigenvalue weighted by Crippen LogP contribution is 2.23. The summed E-state index contributed by atoms with van der Waals surface area (Å²) in [6.07, 6.45) is 1.65. The van der Waals surface area contributed by atoms with E-state index in [4.69, 9.17) is 9.26 Å². The highest BCUT2D eigenvalue weighted by Gasteiger charge is 2.14. The summed E-state index contributed by atoms with van der Waals surface area (Å²) in [5.41, 5.74) is 1.90. The Morgan fingerprint density at radius 2 is 1.80 bits per heavy atom. The maximum atomic E-state index is 13.0. The van der Waals surface area contributed by atoms with Crippen LogP contribution in [0.4, 0.5) is 4.39 Å². The number of hydrogen-bond donors (Lipinski definition) is 0. The first kappa shape index (κ1) is 15.0. The topological polar surface area (TPSA) is 78.9 Å². The van der Waals surface area contributed by atoms with Crippen molar-refractivity contribution in [2.24, 2.45) is 0 Å². The van der Waals surface area contributed by atoms with Crippen LogP contribution in [0.3, 0.4) is 0 Å². The van der Waals surface area contributed by atoms with E-state index in [1.54, 1.807) is 25.4 Å². The van der Waals surface area contributed by atoms with E-state index in [9.17, 15) is 4.39 Å². The van der Waals surface area contributed by atoms with Gasteiger partial charge in [-0.15, -0.1) is 5.10 Å². The van der Waals surface area contributed by atoms with Crippen LogP contribution in [0.15, 0.2) is 59.3 Å². The number of rotatable bonds is 4. The fraction of sp³-hybridized carbons (Fsp3) is 0.0588. The van der Waals surface area contributed by atoms with Crippen LogP contribution in [0.2, 0.25) is 0 Å². The summed E-state index contributed by atoms with van der Waals surface area (Å²) in [5.74, 6) is 1.12. The van der Waals surface area contributed by atoms with Crippen LogP contribution < -0.4 is 4.74 Å². The van der Waals surface area contributed by atoms with Gasteiger partial charge in [0.1, 0.15) is 11.6 Å². The fourth-order valence-corrected chi connectivity index (χ4v) is 2.26. The minimum Gasteiger partial charge on any atom is -0.497 e. The summed E-state index contributed by atoms with van der Waals surface area (Å²) < 4.78 is 24.9. The lowest BCUT2D eigenvalue weighted by atomic mass is 10.2. The molecule has 0 radical (unpaired) electrons. The van der Waals surface area contributed by atoms with Gasteiger partial charge < -0.3 is 9.26 Å². The summed E-state index contributed by atoms with van der Waals surface area (Å²) in [5, 5.41) is 12.0. The van der Waals surface area contributed by atoms with Crippen molar-refractivity contribution in [1.82, 2.24) is 25.1 Å². The van der Waals surface area contributed by atoms with Crippen LogP contribution in [0, 0.1) is 5.82 Å². The molecule has 0 bridgehead atoms. The van der Waals surface area contributed by atoms with Gasteiger partial charge in [-0.1, -0.05) is 10.4 Å². The standard InChI is InChI=1S/C17H12FN5O2/c1-24-14-8-2-11(3-9-14)17-19-16(21-25-17)15-10-23(22-20-15)13-6-4-12(18)5-7-13/h2-10H,1H3. The molecule has 4 rings (SSSR count). The summed E-state index contributed by atoms with van der Waals surface area (Å²) >= 11 is 0. The van der Waals surface area contributed by atoms with Crippen LogP contribution in [0.1, 0.15) is 0 Å². The molecule has 0 aliphatic heterocycles. The van der Waals surface area contributed by atoms with Crippen LogP contribution >= 0.6 is 0 Å². The van der Waals surface area contributed by atoms with Crippen LogP contribution in [-0.2, 0) is 0 Å². The normalized spacial score (nSPS) is 10.8. The molecule has 2 aromatic carbocycles. The van der Waals surface area contributed by atoms with Gasteiger partial charge in [0.2, 0.25) is 5.82 Å². The van der Waals surface area contributed by atoms with Crippen LogP contribution in [-0.4, -0.2) is 32.2 Å². The number of ether oxygens (including phenoxy) is 1. The molecule has 0 saturated carbocycles. The smallest absolute Gasteiger partial charge is 0.258 e. The van der Waals surface area contributed by atoms with Gasteiger partial charge in [0.05, 0.1) is 19.0 Å². The minimum absolute atomic E-state index is 0.314.